The van der Waals surface area contributed by atoms with Gasteiger partial charge in [0.2, 0.25) is 0 Å². The van der Waals surface area contributed by atoms with Crippen molar-refractivity contribution in [2.75, 3.05) is 5.73 Å². The molecule has 0 aliphatic rings. The molecule has 0 aliphatic heterocycles. The zero-order valence-electron chi connectivity index (χ0n) is 8.89. The first-order valence-electron chi connectivity index (χ1n) is 4.74. The van der Waals surface area contributed by atoms with Crippen molar-refractivity contribution in [1.82, 2.24) is 9.97 Å². The van der Waals surface area contributed by atoms with E-state index in [1.807, 2.05) is 6.07 Å². The van der Waals surface area contributed by atoms with E-state index in [1.165, 1.54) is 12.5 Å². The number of hydrogen-bond donors (Lipinski definition) is 1. The fourth-order valence-corrected chi connectivity index (χ4v) is 2.06. The fourth-order valence-electron chi connectivity index (χ4n) is 1.25. The van der Waals surface area contributed by atoms with Crippen LogP contribution >= 0.6 is 11.8 Å². The van der Waals surface area contributed by atoms with Gasteiger partial charge in [-0.1, -0.05) is 11.8 Å². The number of halogens is 2. The number of benzene rings is 1. The zero-order valence-corrected chi connectivity index (χ0v) is 9.71. The SMILES string of the molecule is N#Cc1cncnc1Sc1c(F)cc(N)cc1F. The molecule has 18 heavy (non-hydrogen) atoms. The highest BCUT2D eigenvalue weighted by Crippen LogP contribution is 2.33. The van der Waals surface area contributed by atoms with Crippen molar-refractivity contribution in [1.29, 1.82) is 5.26 Å². The molecule has 0 bridgehead atoms. The second-order valence-electron chi connectivity index (χ2n) is 3.27. The Bertz CT molecular complexity index is 616. The summed E-state index contributed by atoms with van der Waals surface area (Å²) in [6, 6.07) is 3.88. The smallest absolute Gasteiger partial charge is 0.142 e. The molecule has 0 unspecified atom stereocenters. The van der Waals surface area contributed by atoms with Crippen molar-refractivity contribution in [3.8, 4) is 6.07 Å². The van der Waals surface area contributed by atoms with E-state index in [4.69, 9.17) is 11.0 Å². The van der Waals surface area contributed by atoms with Crippen molar-refractivity contribution in [2.45, 2.75) is 9.92 Å². The monoisotopic (exact) mass is 264 g/mol. The Labute approximate surface area is 105 Å². The molecule has 2 rings (SSSR count). The summed E-state index contributed by atoms with van der Waals surface area (Å²) in [6.07, 6.45) is 2.48. The predicted molar refractivity (Wildman–Crippen MR) is 61.6 cm³/mol. The molecule has 0 aliphatic carbocycles. The minimum absolute atomic E-state index is 0.00227. The molecule has 2 aromatic rings. The normalized spacial score (nSPS) is 10.1. The summed E-state index contributed by atoms with van der Waals surface area (Å²) in [4.78, 5) is 7.23. The highest BCUT2D eigenvalue weighted by atomic mass is 32.2. The maximum absolute atomic E-state index is 13.6. The lowest BCUT2D eigenvalue weighted by Crippen LogP contribution is -1.95. The van der Waals surface area contributed by atoms with Crippen molar-refractivity contribution in [3.05, 3.63) is 41.9 Å². The van der Waals surface area contributed by atoms with E-state index in [-0.39, 0.29) is 21.2 Å². The predicted octanol–water partition coefficient (Wildman–Crippen LogP) is 2.36. The standard InChI is InChI=1S/C11H6F2N4S/c12-8-1-7(15)2-9(13)10(8)18-11-6(3-14)4-16-5-17-11/h1-2,4-5H,15H2. The van der Waals surface area contributed by atoms with Crippen LogP contribution in [-0.4, -0.2) is 9.97 Å². The van der Waals surface area contributed by atoms with Crippen LogP contribution in [0.4, 0.5) is 14.5 Å². The van der Waals surface area contributed by atoms with Gasteiger partial charge in [0.15, 0.2) is 0 Å². The molecular weight excluding hydrogens is 258 g/mol. The van der Waals surface area contributed by atoms with Crippen LogP contribution in [0.5, 0.6) is 0 Å². The topological polar surface area (TPSA) is 75.6 Å². The molecule has 0 fully saturated rings. The van der Waals surface area contributed by atoms with Crippen LogP contribution in [0.15, 0.2) is 34.6 Å². The van der Waals surface area contributed by atoms with E-state index < -0.39 is 11.6 Å². The number of rotatable bonds is 2. The molecule has 0 saturated heterocycles. The Morgan fingerprint density at radius 3 is 2.56 bits per heavy atom. The van der Waals surface area contributed by atoms with E-state index in [0.29, 0.717) is 0 Å². The number of aromatic nitrogens is 2. The first-order valence-corrected chi connectivity index (χ1v) is 5.56. The molecule has 2 N–H and O–H groups in total. The van der Waals surface area contributed by atoms with Gasteiger partial charge in [-0.2, -0.15) is 5.26 Å². The quantitative estimate of drug-likeness (QED) is 0.665. The van der Waals surface area contributed by atoms with Crippen LogP contribution in [0.3, 0.4) is 0 Å². The Hall–Kier alpha value is -2.20. The van der Waals surface area contributed by atoms with Gasteiger partial charge in [-0.05, 0) is 12.1 Å². The van der Waals surface area contributed by atoms with E-state index in [2.05, 4.69) is 9.97 Å². The fraction of sp³-hybridized carbons (Fsp3) is 0. The first kappa shape index (κ1) is 12.3. The van der Waals surface area contributed by atoms with E-state index in [1.54, 1.807) is 0 Å². The summed E-state index contributed by atoms with van der Waals surface area (Å²) >= 11 is 0.722. The molecule has 0 saturated carbocycles. The lowest BCUT2D eigenvalue weighted by molar-refractivity contribution is 0.541. The van der Waals surface area contributed by atoms with Crippen molar-refractivity contribution in [3.63, 3.8) is 0 Å². The molecule has 1 heterocycles. The van der Waals surface area contributed by atoms with Gasteiger partial charge in [-0.15, -0.1) is 0 Å². The second kappa shape index (κ2) is 4.98. The number of anilines is 1. The summed E-state index contributed by atoms with van der Waals surface area (Å²) in [7, 11) is 0. The summed E-state index contributed by atoms with van der Waals surface area (Å²) < 4.78 is 27.1. The lowest BCUT2D eigenvalue weighted by atomic mass is 10.3. The van der Waals surface area contributed by atoms with Crippen LogP contribution < -0.4 is 5.73 Å². The third kappa shape index (κ3) is 2.38. The zero-order chi connectivity index (χ0) is 13.1. The van der Waals surface area contributed by atoms with Crippen LogP contribution in [0.25, 0.3) is 0 Å². The van der Waals surface area contributed by atoms with E-state index in [0.717, 1.165) is 23.9 Å². The maximum Gasteiger partial charge on any atom is 0.142 e. The molecule has 0 amide bonds. The third-order valence-electron chi connectivity index (χ3n) is 2.02. The number of hydrogen-bond acceptors (Lipinski definition) is 5. The molecule has 4 nitrogen and oxygen atoms in total. The van der Waals surface area contributed by atoms with Gasteiger partial charge in [0, 0.05) is 11.9 Å². The van der Waals surface area contributed by atoms with Gasteiger partial charge >= 0.3 is 0 Å². The molecule has 0 atom stereocenters. The molecule has 0 spiro atoms. The maximum atomic E-state index is 13.6. The largest absolute Gasteiger partial charge is 0.399 e. The van der Waals surface area contributed by atoms with Crippen LogP contribution in [0.1, 0.15) is 5.56 Å². The first-order chi connectivity index (χ1) is 8.61. The summed E-state index contributed by atoms with van der Waals surface area (Å²) in [5.41, 5.74) is 5.46. The van der Waals surface area contributed by atoms with E-state index >= 15 is 0 Å². The molecule has 1 aromatic carbocycles. The molecular formula is C11H6F2N4S. The van der Waals surface area contributed by atoms with Crippen molar-refractivity contribution >= 4 is 17.4 Å². The van der Waals surface area contributed by atoms with Crippen LogP contribution in [-0.2, 0) is 0 Å². The highest BCUT2D eigenvalue weighted by molar-refractivity contribution is 7.99. The minimum Gasteiger partial charge on any atom is -0.399 e. The number of nitrogen functional groups attached to an aromatic ring is 1. The Morgan fingerprint density at radius 1 is 1.28 bits per heavy atom. The van der Waals surface area contributed by atoms with Crippen molar-refractivity contribution in [2.24, 2.45) is 0 Å². The Balaban J connectivity index is 2.44. The number of nitrogens with two attached hydrogens (primary N) is 1. The van der Waals surface area contributed by atoms with Crippen molar-refractivity contribution < 1.29 is 8.78 Å². The second-order valence-corrected chi connectivity index (χ2v) is 4.27. The molecule has 90 valence electrons. The Morgan fingerprint density at radius 2 is 1.94 bits per heavy atom. The van der Waals surface area contributed by atoms with Gasteiger partial charge in [0.25, 0.3) is 0 Å². The van der Waals surface area contributed by atoms with Gasteiger partial charge in [0.05, 0.1) is 4.90 Å². The minimum atomic E-state index is -0.792. The third-order valence-corrected chi connectivity index (χ3v) is 3.13. The summed E-state index contributed by atoms with van der Waals surface area (Å²) in [5.74, 6) is -1.58. The van der Waals surface area contributed by atoms with Gasteiger partial charge in [-0.25, -0.2) is 18.7 Å². The average molecular weight is 264 g/mol. The van der Waals surface area contributed by atoms with Gasteiger partial charge < -0.3 is 5.73 Å². The van der Waals surface area contributed by atoms with Crippen LogP contribution in [0.2, 0.25) is 0 Å². The summed E-state index contributed by atoms with van der Waals surface area (Å²) in [5, 5.41) is 9.02. The van der Waals surface area contributed by atoms with Gasteiger partial charge in [0.1, 0.15) is 34.6 Å². The highest BCUT2D eigenvalue weighted by Gasteiger charge is 2.15. The molecule has 7 heteroatoms. The average Bonchev–Trinajstić information content (AvgIpc) is 2.34. The number of nitrogens with zero attached hydrogens (tertiary/aromatic N) is 3. The molecule has 1 aromatic heterocycles. The number of nitriles is 1. The summed E-state index contributed by atoms with van der Waals surface area (Å²) in [6.45, 7) is 0. The molecule has 0 radical (unpaired) electrons. The Kier molecular flexibility index (Phi) is 3.39. The van der Waals surface area contributed by atoms with Gasteiger partial charge in [-0.3, -0.25) is 0 Å². The lowest BCUT2D eigenvalue weighted by Gasteiger charge is -2.05. The van der Waals surface area contributed by atoms with Crippen LogP contribution in [0, 0.1) is 23.0 Å². The van der Waals surface area contributed by atoms with E-state index in [9.17, 15) is 8.78 Å².